The van der Waals surface area contributed by atoms with E-state index in [0.29, 0.717) is 5.41 Å². The third-order valence-corrected chi connectivity index (χ3v) is 3.96. The smallest absolute Gasteiger partial charge is 0.0752 e. The monoisotopic (exact) mass is 278 g/mol. The zero-order chi connectivity index (χ0) is 14.9. The first-order valence-electron chi connectivity index (χ1n) is 8.49. The van der Waals surface area contributed by atoms with Gasteiger partial charge in [0.05, 0.1) is 18.6 Å². The van der Waals surface area contributed by atoms with Crippen LogP contribution >= 0.6 is 0 Å². The highest BCUT2D eigenvalue weighted by molar-refractivity contribution is 5.13. The summed E-state index contributed by atoms with van der Waals surface area (Å²) in [6, 6.07) is 0. The first-order valence-corrected chi connectivity index (χ1v) is 8.49. The summed E-state index contributed by atoms with van der Waals surface area (Å²) >= 11 is 0. The molecular weight excluding hydrogens is 244 g/mol. The number of rotatable bonds is 8. The fourth-order valence-corrected chi connectivity index (χ4v) is 2.51. The summed E-state index contributed by atoms with van der Waals surface area (Å²) in [5, 5.41) is 0. The molecule has 1 rings (SSSR count). The molecule has 0 amide bonds. The van der Waals surface area contributed by atoms with E-state index in [4.69, 9.17) is 4.74 Å². The van der Waals surface area contributed by atoms with Crippen LogP contribution in [-0.2, 0) is 4.74 Å². The molecule has 0 spiro atoms. The zero-order valence-corrected chi connectivity index (χ0v) is 14.2. The van der Waals surface area contributed by atoms with Crippen molar-refractivity contribution in [2.24, 2.45) is 10.8 Å². The molecule has 20 heavy (non-hydrogen) atoms. The Morgan fingerprint density at radius 2 is 1.45 bits per heavy atom. The standard InChI is InChI=1S/C19H34O/c1-18(2,3)14-12-10-8-6-5-7-9-11-13-15-19(4)16-20-17-19/h5-12,14,16-17H2,1-4H3. The fraction of sp³-hybridized carbons (Fsp3) is 0.895. The molecule has 0 atom stereocenters. The summed E-state index contributed by atoms with van der Waals surface area (Å²) in [5.41, 5.74) is 0.688. The van der Waals surface area contributed by atoms with Gasteiger partial charge in [-0.15, -0.1) is 5.92 Å². The lowest BCUT2D eigenvalue weighted by molar-refractivity contribution is -0.0648. The lowest BCUT2D eigenvalue weighted by Crippen LogP contribution is -2.38. The minimum Gasteiger partial charge on any atom is -0.378 e. The van der Waals surface area contributed by atoms with Gasteiger partial charge in [-0.05, 0) is 25.2 Å². The predicted octanol–water partition coefficient (Wildman–Crippen LogP) is 5.58. The molecule has 1 heterocycles. The van der Waals surface area contributed by atoms with E-state index in [1.165, 1.54) is 51.4 Å². The average molecular weight is 278 g/mol. The van der Waals surface area contributed by atoms with Gasteiger partial charge < -0.3 is 4.74 Å². The van der Waals surface area contributed by atoms with Gasteiger partial charge >= 0.3 is 0 Å². The van der Waals surface area contributed by atoms with Gasteiger partial charge in [-0.2, -0.15) is 0 Å². The minimum atomic E-state index is 0.174. The first kappa shape index (κ1) is 17.6. The van der Waals surface area contributed by atoms with Crippen molar-refractivity contribution in [3.63, 3.8) is 0 Å². The van der Waals surface area contributed by atoms with Gasteiger partial charge in [0.1, 0.15) is 0 Å². The molecule has 1 aliphatic heterocycles. The Morgan fingerprint density at radius 1 is 0.900 bits per heavy atom. The molecule has 0 aromatic rings. The van der Waals surface area contributed by atoms with Crippen molar-refractivity contribution in [3.05, 3.63) is 0 Å². The van der Waals surface area contributed by atoms with Crippen molar-refractivity contribution in [2.75, 3.05) is 13.2 Å². The second-order valence-electron chi connectivity index (χ2n) is 7.89. The zero-order valence-electron chi connectivity index (χ0n) is 14.2. The van der Waals surface area contributed by atoms with Crippen molar-refractivity contribution in [2.45, 2.75) is 85.5 Å². The summed E-state index contributed by atoms with van der Waals surface area (Å²) < 4.78 is 5.20. The van der Waals surface area contributed by atoms with Crippen LogP contribution in [0.25, 0.3) is 0 Å². The van der Waals surface area contributed by atoms with Gasteiger partial charge in [0.2, 0.25) is 0 Å². The second-order valence-corrected chi connectivity index (χ2v) is 7.89. The van der Waals surface area contributed by atoms with Crippen LogP contribution in [-0.4, -0.2) is 13.2 Å². The Balaban J connectivity index is 1.83. The molecule has 0 saturated carbocycles. The van der Waals surface area contributed by atoms with Crippen LogP contribution in [0.4, 0.5) is 0 Å². The Kier molecular flexibility index (Phi) is 7.67. The van der Waals surface area contributed by atoms with Crippen LogP contribution in [0.5, 0.6) is 0 Å². The van der Waals surface area contributed by atoms with Gasteiger partial charge in [0.15, 0.2) is 0 Å². The summed E-state index contributed by atoms with van der Waals surface area (Å²) in [6.45, 7) is 10.9. The molecule has 116 valence electrons. The average Bonchev–Trinajstić information content (AvgIpc) is 2.32. The molecule has 0 bridgehead atoms. The van der Waals surface area contributed by atoms with Gasteiger partial charge in [0.25, 0.3) is 0 Å². The molecule has 1 heteroatoms. The lowest BCUT2D eigenvalue weighted by Gasteiger charge is -2.32. The highest BCUT2D eigenvalue weighted by Gasteiger charge is 2.30. The highest BCUT2D eigenvalue weighted by atomic mass is 16.5. The summed E-state index contributed by atoms with van der Waals surface area (Å²) in [5.74, 6) is 6.68. The third kappa shape index (κ3) is 8.64. The molecule has 0 radical (unpaired) electrons. The van der Waals surface area contributed by atoms with Crippen LogP contribution in [0.3, 0.4) is 0 Å². The van der Waals surface area contributed by atoms with Gasteiger partial charge in [0, 0.05) is 6.42 Å². The second kappa shape index (κ2) is 8.73. The van der Waals surface area contributed by atoms with Crippen molar-refractivity contribution < 1.29 is 4.74 Å². The maximum absolute atomic E-state index is 5.20. The van der Waals surface area contributed by atoms with E-state index in [9.17, 15) is 0 Å². The summed E-state index contributed by atoms with van der Waals surface area (Å²) in [7, 11) is 0. The Bertz CT molecular complexity index is 309. The van der Waals surface area contributed by atoms with Crippen molar-refractivity contribution in [1.29, 1.82) is 0 Å². The van der Waals surface area contributed by atoms with Gasteiger partial charge in [-0.1, -0.05) is 65.2 Å². The van der Waals surface area contributed by atoms with Crippen molar-refractivity contribution in [3.8, 4) is 11.8 Å². The number of ether oxygens (including phenoxy) is 1. The quantitative estimate of drug-likeness (QED) is 0.416. The third-order valence-electron chi connectivity index (χ3n) is 3.96. The summed E-state index contributed by atoms with van der Waals surface area (Å²) in [6.07, 6.45) is 12.1. The van der Waals surface area contributed by atoms with Crippen molar-refractivity contribution in [1.82, 2.24) is 0 Å². The molecule has 1 saturated heterocycles. The molecular formula is C19H34O. The summed E-state index contributed by atoms with van der Waals surface area (Å²) in [4.78, 5) is 0. The Hall–Kier alpha value is -0.480. The van der Waals surface area contributed by atoms with Gasteiger partial charge in [-0.25, -0.2) is 0 Å². The highest BCUT2D eigenvalue weighted by Crippen LogP contribution is 2.25. The van der Waals surface area contributed by atoms with E-state index in [-0.39, 0.29) is 5.41 Å². The molecule has 0 aliphatic carbocycles. The maximum atomic E-state index is 5.20. The van der Waals surface area contributed by atoms with E-state index in [1.807, 2.05) is 0 Å². The normalized spacial score (nSPS) is 17.2. The van der Waals surface area contributed by atoms with E-state index in [0.717, 1.165) is 19.6 Å². The molecule has 0 N–H and O–H groups in total. The Labute approximate surface area is 126 Å². The Morgan fingerprint density at radius 3 is 1.95 bits per heavy atom. The first-order chi connectivity index (χ1) is 9.41. The molecule has 0 unspecified atom stereocenters. The van der Waals surface area contributed by atoms with E-state index < -0.39 is 0 Å². The van der Waals surface area contributed by atoms with Crippen LogP contribution in [0.2, 0.25) is 0 Å². The van der Waals surface area contributed by atoms with Gasteiger partial charge in [-0.3, -0.25) is 0 Å². The lowest BCUT2D eigenvalue weighted by atomic mass is 9.89. The van der Waals surface area contributed by atoms with Crippen molar-refractivity contribution >= 4 is 0 Å². The molecule has 1 aliphatic rings. The van der Waals surface area contributed by atoms with Crippen LogP contribution < -0.4 is 0 Å². The topological polar surface area (TPSA) is 9.23 Å². The minimum absolute atomic E-state index is 0.174. The molecule has 0 aromatic carbocycles. The fourth-order valence-electron chi connectivity index (χ4n) is 2.51. The predicted molar refractivity (Wildman–Crippen MR) is 87.7 cm³/mol. The van der Waals surface area contributed by atoms with E-state index in [2.05, 4.69) is 39.5 Å². The number of hydrogen-bond acceptors (Lipinski definition) is 1. The van der Waals surface area contributed by atoms with E-state index >= 15 is 0 Å². The maximum Gasteiger partial charge on any atom is 0.0752 e. The number of unbranched alkanes of at least 4 members (excludes halogenated alkanes) is 7. The molecule has 1 nitrogen and oxygen atoms in total. The largest absolute Gasteiger partial charge is 0.378 e. The van der Waals surface area contributed by atoms with Crippen LogP contribution in [0.1, 0.15) is 85.5 Å². The molecule has 1 fully saturated rings. The molecule has 0 aromatic heterocycles. The van der Waals surface area contributed by atoms with Crippen LogP contribution in [0.15, 0.2) is 0 Å². The van der Waals surface area contributed by atoms with Crippen LogP contribution in [0, 0.1) is 22.7 Å². The SMILES string of the molecule is CC(C)(C)CCCCCCCCCC#CC1(C)COC1. The number of hydrogen-bond donors (Lipinski definition) is 0. The van der Waals surface area contributed by atoms with E-state index in [1.54, 1.807) is 0 Å².